The summed E-state index contributed by atoms with van der Waals surface area (Å²) in [6.07, 6.45) is -15.0. The van der Waals surface area contributed by atoms with E-state index in [1.165, 1.54) is 56.3 Å². The predicted molar refractivity (Wildman–Crippen MR) is 156 cm³/mol. The van der Waals surface area contributed by atoms with Crippen LogP contribution in [-0.2, 0) is 21.3 Å². The van der Waals surface area contributed by atoms with E-state index in [9.17, 15) is 41.0 Å². The van der Waals surface area contributed by atoms with E-state index in [0.717, 1.165) is 0 Å². The number of halogens is 6. The molecule has 0 fully saturated rings. The lowest BCUT2D eigenvalue weighted by Crippen LogP contribution is -2.44. The maximum Gasteiger partial charge on any atom is 0.426 e. The van der Waals surface area contributed by atoms with Crippen LogP contribution >= 0.6 is 0 Å². The molecule has 1 N–H and O–H groups in total. The van der Waals surface area contributed by atoms with E-state index >= 15 is 0 Å². The highest BCUT2D eigenvalue weighted by Gasteiger charge is 2.59. The molecular formula is C27H36B2F6N4O7. The van der Waals surface area contributed by atoms with Gasteiger partial charge in [0, 0.05) is 0 Å². The molecule has 11 nitrogen and oxygen atoms in total. The number of pyridine rings is 1. The van der Waals surface area contributed by atoms with Crippen LogP contribution in [-0.4, -0.2) is 71.6 Å². The number of nitrogens with zero attached hydrogens (tertiary/aromatic N) is 4. The molecule has 2 unspecified atom stereocenters. The smallest absolute Gasteiger partial charge is 0.426 e. The summed E-state index contributed by atoms with van der Waals surface area (Å²) >= 11 is 0. The van der Waals surface area contributed by atoms with Gasteiger partial charge in [-0.1, -0.05) is 18.1 Å². The van der Waals surface area contributed by atoms with Gasteiger partial charge in [0.2, 0.25) is 11.5 Å². The number of rotatable bonds is 1. The molecule has 46 heavy (non-hydrogen) atoms. The molecule has 0 aliphatic carbocycles. The van der Waals surface area contributed by atoms with Crippen molar-refractivity contribution >= 4 is 33.6 Å². The molecule has 4 atom stereocenters. The van der Waals surface area contributed by atoms with Crippen LogP contribution in [0.25, 0.3) is 11.6 Å². The lowest BCUT2D eigenvalue weighted by atomic mass is 9.61. The summed E-state index contributed by atoms with van der Waals surface area (Å²) in [5.41, 5.74) is -9.58. The van der Waals surface area contributed by atoms with Gasteiger partial charge < -0.3 is 23.7 Å². The summed E-state index contributed by atoms with van der Waals surface area (Å²) in [4.78, 5) is 30.8. The van der Waals surface area contributed by atoms with Crippen molar-refractivity contribution in [1.29, 1.82) is 0 Å². The Bertz CT molecular complexity index is 1410. The maximum absolute atomic E-state index is 14.5. The third kappa shape index (κ3) is 8.45. The fourth-order valence-electron chi connectivity index (χ4n) is 4.50. The third-order valence-corrected chi connectivity index (χ3v) is 7.05. The molecule has 0 saturated carbocycles. The molecule has 3 heterocycles. The number of aromatic nitrogens is 3. The summed E-state index contributed by atoms with van der Waals surface area (Å²) in [7, 11) is 3.10. The van der Waals surface area contributed by atoms with Crippen LogP contribution in [0, 0.1) is 0 Å². The predicted octanol–water partition coefficient (Wildman–Crippen LogP) is 5.37. The molecule has 0 spiro atoms. The molecule has 0 aromatic carbocycles. The summed E-state index contributed by atoms with van der Waals surface area (Å²) in [6.45, 7) is 9.98. The number of imide groups is 1. The van der Waals surface area contributed by atoms with Crippen molar-refractivity contribution in [3.8, 4) is 17.5 Å². The van der Waals surface area contributed by atoms with E-state index in [4.69, 9.17) is 18.6 Å². The minimum absolute atomic E-state index is 0.0913. The molecule has 254 valence electrons. The minimum Gasteiger partial charge on any atom is -0.474 e. The Kier molecular flexibility index (Phi) is 10.1. The SMILES string of the molecule is BC1CC[C@@H](C)Oc2nc(c(N(C(=O)OC(C)(C)C)C(=O)OC(C)(C)C)cc2C(F)(F)F)-c2nnc(o2)[C@@](O)(C(F)(F)F)CC1B. The second-order valence-electron chi connectivity index (χ2n) is 13.4. The van der Waals surface area contributed by atoms with Crippen molar-refractivity contribution < 1.29 is 59.7 Å². The summed E-state index contributed by atoms with van der Waals surface area (Å²) in [6, 6.07) is 0.328. The quantitative estimate of drug-likeness (QED) is 0.313. The number of aliphatic hydroxyl groups is 1. The highest BCUT2D eigenvalue weighted by atomic mass is 19.4. The minimum atomic E-state index is -5.32. The van der Waals surface area contributed by atoms with Crippen molar-refractivity contribution in [3.63, 3.8) is 0 Å². The van der Waals surface area contributed by atoms with Gasteiger partial charge >= 0.3 is 24.5 Å². The number of carbonyl (C=O) groups excluding carboxylic acids is 2. The van der Waals surface area contributed by atoms with Gasteiger partial charge in [0.25, 0.3) is 11.8 Å². The molecule has 0 radical (unpaired) electrons. The number of anilines is 1. The first-order valence-electron chi connectivity index (χ1n) is 14.4. The van der Waals surface area contributed by atoms with Crippen LogP contribution in [0.1, 0.15) is 79.2 Å². The molecular weight excluding hydrogens is 628 g/mol. The monoisotopic (exact) mass is 664 g/mol. The van der Waals surface area contributed by atoms with Gasteiger partial charge in [0.05, 0.1) is 11.8 Å². The van der Waals surface area contributed by atoms with Gasteiger partial charge in [0.1, 0.15) is 32.5 Å². The second-order valence-corrected chi connectivity index (χ2v) is 13.4. The first-order chi connectivity index (χ1) is 20.7. The average Bonchev–Trinajstić information content (AvgIpc) is 3.34. The number of ether oxygens (including phenoxy) is 3. The number of fused-ring (bicyclic) bond motifs is 5. The van der Waals surface area contributed by atoms with Gasteiger partial charge in [-0.15, -0.1) is 10.2 Å². The standard InChI is InChI=1S/C27H36B2F6N4O7/c1-12-8-9-14(28)15(29)11-25(42,27(33,34)35)20-38-37-19(44-20)17-16(10-13(26(30,31)32)18(36-17)43-12)39(21(40)45-23(2,3)4)22(41)46-24(5,6)7/h10,12,14-15,42H,8-9,11,28-29H2,1-7H3/t12-,14?,15?,25-/m1/s1. The largest absolute Gasteiger partial charge is 0.474 e. The van der Waals surface area contributed by atoms with Gasteiger partial charge in [0.15, 0.2) is 5.69 Å². The molecule has 2 amide bonds. The van der Waals surface area contributed by atoms with Crippen molar-refractivity contribution in [2.75, 3.05) is 4.90 Å². The zero-order chi connectivity index (χ0) is 35.2. The molecule has 19 heteroatoms. The van der Waals surface area contributed by atoms with Crippen molar-refractivity contribution in [1.82, 2.24) is 15.2 Å². The van der Waals surface area contributed by atoms with Crippen molar-refractivity contribution in [3.05, 3.63) is 17.5 Å². The van der Waals surface area contributed by atoms with E-state index in [0.29, 0.717) is 6.07 Å². The maximum atomic E-state index is 14.5. The average molecular weight is 664 g/mol. The van der Waals surface area contributed by atoms with Crippen molar-refractivity contribution in [2.24, 2.45) is 0 Å². The molecule has 3 rings (SSSR count). The molecule has 0 saturated heterocycles. The van der Waals surface area contributed by atoms with Crippen LogP contribution in [0.15, 0.2) is 10.5 Å². The molecule has 1 aliphatic heterocycles. The lowest BCUT2D eigenvalue weighted by Gasteiger charge is -2.32. The van der Waals surface area contributed by atoms with E-state index in [1.807, 2.05) is 0 Å². The van der Waals surface area contributed by atoms with Gasteiger partial charge in [-0.2, -0.15) is 31.2 Å². The fourth-order valence-corrected chi connectivity index (χ4v) is 4.50. The van der Waals surface area contributed by atoms with Gasteiger partial charge in [-0.3, -0.25) is 0 Å². The number of carbonyl (C=O) groups is 2. The van der Waals surface area contributed by atoms with Crippen LogP contribution < -0.4 is 9.64 Å². The van der Waals surface area contributed by atoms with Crippen molar-refractivity contribution in [2.45, 2.75) is 115 Å². The number of amides is 2. The van der Waals surface area contributed by atoms with E-state index in [2.05, 4.69) is 15.2 Å². The lowest BCUT2D eigenvalue weighted by molar-refractivity contribution is -0.277. The van der Waals surface area contributed by atoms with Crippen LogP contribution in [0.2, 0.25) is 11.6 Å². The van der Waals surface area contributed by atoms with E-state index < -0.39 is 100 Å². The third-order valence-electron chi connectivity index (χ3n) is 7.05. The molecule has 2 aromatic heterocycles. The Morgan fingerprint density at radius 1 is 0.957 bits per heavy atom. The molecule has 4 bridgehead atoms. The zero-order valence-electron chi connectivity index (χ0n) is 26.9. The van der Waals surface area contributed by atoms with E-state index in [1.54, 1.807) is 7.85 Å². The van der Waals surface area contributed by atoms with Gasteiger partial charge in [-0.05, 0) is 67.4 Å². The highest BCUT2D eigenvalue weighted by molar-refractivity contribution is 6.21. The Hall–Kier alpha value is -3.50. The van der Waals surface area contributed by atoms with E-state index in [-0.39, 0.29) is 17.7 Å². The van der Waals surface area contributed by atoms with Crippen LogP contribution in [0.3, 0.4) is 0 Å². The second kappa shape index (κ2) is 12.6. The number of alkyl halides is 6. The number of hydrogen-bond donors (Lipinski definition) is 1. The first-order valence-corrected chi connectivity index (χ1v) is 14.4. The fraction of sp³-hybridized carbons (Fsp3) is 0.667. The molecule has 2 aromatic rings. The van der Waals surface area contributed by atoms with Gasteiger partial charge in [-0.25, -0.2) is 14.6 Å². The van der Waals surface area contributed by atoms with Crippen LogP contribution in [0.5, 0.6) is 5.88 Å². The first kappa shape index (κ1) is 37.0. The summed E-state index contributed by atoms with van der Waals surface area (Å²) in [5, 5.41) is 17.9. The Morgan fingerprint density at radius 3 is 1.98 bits per heavy atom. The topological polar surface area (TPSA) is 137 Å². The summed E-state index contributed by atoms with van der Waals surface area (Å²) in [5.74, 6) is -4.56. The molecule has 1 aliphatic rings. The Morgan fingerprint density at radius 2 is 1.50 bits per heavy atom. The highest BCUT2D eigenvalue weighted by Crippen LogP contribution is 2.48. The zero-order valence-corrected chi connectivity index (χ0v) is 26.9. The summed E-state index contributed by atoms with van der Waals surface area (Å²) < 4.78 is 108. The number of hydrogen-bond acceptors (Lipinski definition) is 10. The normalized spacial score (nSPS) is 23.1. The Labute approximate surface area is 263 Å². The van der Waals surface area contributed by atoms with Crippen LogP contribution in [0.4, 0.5) is 41.6 Å². The Balaban J connectivity index is 2.44.